The molecule has 3 aromatic carbocycles. The van der Waals surface area contributed by atoms with E-state index in [4.69, 9.17) is 16.3 Å². The van der Waals surface area contributed by atoms with Crippen molar-refractivity contribution in [3.8, 4) is 11.1 Å². The molecule has 1 heterocycles. The molecule has 1 aliphatic rings. The summed E-state index contributed by atoms with van der Waals surface area (Å²) in [6.07, 6.45) is 2.54. The Labute approximate surface area is 220 Å². The summed E-state index contributed by atoms with van der Waals surface area (Å²) >= 11 is 6.87. The second kappa shape index (κ2) is 12.4. The molecule has 1 fully saturated rings. The van der Waals surface area contributed by atoms with Crippen LogP contribution in [-0.4, -0.2) is 50.2 Å². The number of carbonyl (C=O) groups excluding carboxylic acids is 1. The van der Waals surface area contributed by atoms with Crippen LogP contribution in [0.25, 0.3) is 11.1 Å². The fraction of sp³-hybridized carbons (Fsp3) is 0.387. The van der Waals surface area contributed by atoms with E-state index in [0.29, 0.717) is 6.61 Å². The smallest absolute Gasteiger partial charge is 0.316 e. The van der Waals surface area contributed by atoms with Crippen LogP contribution in [0, 0.1) is 0 Å². The minimum Gasteiger partial charge on any atom is -0.465 e. The van der Waals surface area contributed by atoms with E-state index in [0.717, 1.165) is 79.4 Å². The Kier molecular flexibility index (Phi) is 9.06. The molecule has 5 heteroatoms. The number of rotatable bonds is 10. The van der Waals surface area contributed by atoms with Crippen molar-refractivity contribution in [3.05, 3.63) is 89.4 Å². The van der Waals surface area contributed by atoms with Gasteiger partial charge in [-0.3, -0.25) is 9.69 Å². The fourth-order valence-corrected chi connectivity index (χ4v) is 5.35. The standard InChI is InChI=1S/C31H37ClN2O2/c1-3-24-36-30(35)31(2,26-14-8-5-9-15-26)18-11-19-33-20-22-34(23-21-33)28-17-10-16-27(29(28)32)25-12-6-4-7-13-25/h4-10,12-17H,3,11,18-24H2,1-2H3. The van der Waals surface area contributed by atoms with Crippen LogP contribution in [0.5, 0.6) is 0 Å². The second-order valence-corrected chi connectivity index (χ2v) is 10.1. The van der Waals surface area contributed by atoms with Crippen molar-refractivity contribution in [2.45, 2.75) is 38.5 Å². The van der Waals surface area contributed by atoms with Crippen molar-refractivity contribution in [1.29, 1.82) is 0 Å². The highest BCUT2D eigenvalue weighted by Crippen LogP contribution is 2.36. The first-order valence-electron chi connectivity index (χ1n) is 13.1. The van der Waals surface area contributed by atoms with Gasteiger partial charge in [0.2, 0.25) is 0 Å². The molecule has 0 bridgehead atoms. The molecule has 4 nitrogen and oxygen atoms in total. The Morgan fingerprint density at radius 3 is 2.25 bits per heavy atom. The Morgan fingerprint density at radius 1 is 0.917 bits per heavy atom. The van der Waals surface area contributed by atoms with Gasteiger partial charge >= 0.3 is 5.97 Å². The minimum absolute atomic E-state index is 0.117. The molecule has 0 saturated carbocycles. The molecule has 0 aliphatic carbocycles. The van der Waals surface area contributed by atoms with Gasteiger partial charge in [0.05, 0.1) is 22.7 Å². The van der Waals surface area contributed by atoms with E-state index in [1.807, 2.05) is 62.4 Å². The first-order valence-corrected chi connectivity index (χ1v) is 13.4. The van der Waals surface area contributed by atoms with Gasteiger partial charge in [0.25, 0.3) is 0 Å². The quantitative estimate of drug-likeness (QED) is 0.283. The SMILES string of the molecule is CCCOC(=O)C(C)(CCCN1CCN(c2cccc(-c3ccccc3)c2Cl)CC1)c1ccccc1. The Hall–Kier alpha value is -2.82. The molecule has 0 radical (unpaired) electrons. The van der Waals surface area contributed by atoms with Gasteiger partial charge in [0, 0.05) is 31.7 Å². The zero-order valence-corrected chi connectivity index (χ0v) is 22.2. The summed E-state index contributed by atoms with van der Waals surface area (Å²) in [4.78, 5) is 17.9. The number of hydrogen-bond donors (Lipinski definition) is 0. The molecule has 4 rings (SSSR count). The Bertz CT molecular complexity index is 1110. The Morgan fingerprint density at radius 2 is 1.58 bits per heavy atom. The zero-order valence-electron chi connectivity index (χ0n) is 21.5. The summed E-state index contributed by atoms with van der Waals surface area (Å²) in [5.74, 6) is -0.117. The molecule has 0 aromatic heterocycles. The van der Waals surface area contributed by atoms with Crippen LogP contribution in [0.2, 0.25) is 5.02 Å². The van der Waals surface area contributed by atoms with E-state index in [1.165, 1.54) is 0 Å². The van der Waals surface area contributed by atoms with Gasteiger partial charge in [0.1, 0.15) is 0 Å². The molecule has 0 N–H and O–H groups in total. The number of halogens is 1. The van der Waals surface area contributed by atoms with E-state index in [-0.39, 0.29) is 5.97 Å². The van der Waals surface area contributed by atoms with Gasteiger partial charge in [-0.25, -0.2) is 0 Å². The fourth-order valence-electron chi connectivity index (χ4n) is 5.00. The van der Waals surface area contributed by atoms with Crippen LogP contribution in [0.3, 0.4) is 0 Å². The van der Waals surface area contributed by atoms with Crippen LogP contribution in [0.15, 0.2) is 78.9 Å². The van der Waals surface area contributed by atoms with E-state index in [1.54, 1.807) is 0 Å². The van der Waals surface area contributed by atoms with E-state index >= 15 is 0 Å². The van der Waals surface area contributed by atoms with Gasteiger partial charge in [0.15, 0.2) is 0 Å². The van der Waals surface area contributed by atoms with Gasteiger partial charge in [-0.2, -0.15) is 0 Å². The second-order valence-electron chi connectivity index (χ2n) is 9.77. The van der Waals surface area contributed by atoms with E-state index in [2.05, 4.69) is 40.1 Å². The number of carbonyl (C=O) groups is 1. The number of esters is 1. The van der Waals surface area contributed by atoms with Crippen LogP contribution < -0.4 is 4.90 Å². The first-order chi connectivity index (χ1) is 17.5. The van der Waals surface area contributed by atoms with Gasteiger partial charge in [-0.1, -0.05) is 91.3 Å². The van der Waals surface area contributed by atoms with E-state index < -0.39 is 5.41 Å². The monoisotopic (exact) mass is 504 g/mol. The van der Waals surface area contributed by atoms with Crippen LogP contribution in [-0.2, 0) is 14.9 Å². The molecule has 1 saturated heterocycles. The van der Waals surface area contributed by atoms with Crippen LogP contribution in [0.1, 0.15) is 38.7 Å². The zero-order chi connectivity index (χ0) is 25.4. The lowest BCUT2D eigenvalue weighted by molar-refractivity contribution is -0.150. The van der Waals surface area contributed by atoms with Crippen molar-refractivity contribution in [1.82, 2.24) is 4.90 Å². The molecule has 190 valence electrons. The third-order valence-corrected chi connectivity index (χ3v) is 7.62. The highest BCUT2D eigenvalue weighted by molar-refractivity contribution is 6.36. The normalized spacial score (nSPS) is 15.9. The van der Waals surface area contributed by atoms with Crippen molar-refractivity contribution >= 4 is 23.3 Å². The number of anilines is 1. The molecule has 3 aromatic rings. The maximum atomic E-state index is 13.0. The van der Waals surface area contributed by atoms with Crippen LogP contribution in [0.4, 0.5) is 5.69 Å². The summed E-state index contributed by atoms with van der Waals surface area (Å²) in [5.41, 5.74) is 3.73. The lowest BCUT2D eigenvalue weighted by Gasteiger charge is -2.37. The molecule has 0 amide bonds. The van der Waals surface area contributed by atoms with E-state index in [9.17, 15) is 4.79 Å². The van der Waals surface area contributed by atoms with Crippen LogP contribution >= 0.6 is 11.6 Å². The largest absolute Gasteiger partial charge is 0.465 e. The lowest BCUT2D eigenvalue weighted by atomic mass is 9.78. The number of piperazine rings is 1. The highest BCUT2D eigenvalue weighted by atomic mass is 35.5. The molecular weight excluding hydrogens is 468 g/mol. The third-order valence-electron chi connectivity index (χ3n) is 7.23. The molecule has 1 unspecified atom stereocenters. The number of benzene rings is 3. The van der Waals surface area contributed by atoms with Crippen molar-refractivity contribution in [3.63, 3.8) is 0 Å². The highest BCUT2D eigenvalue weighted by Gasteiger charge is 2.36. The topological polar surface area (TPSA) is 32.8 Å². The van der Waals surface area contributed by atoms with Crippen molar-refractivity contribution in [2.75, 3.05) is 44.2 Å². The summed E-state index contributed by atoms with van der Waals surface area (Å²) in [6, 6.07) is 26.7. The first kappa shape index (κ1) is 26.2. The third kappa shape index (κ3) is 6.11. The molecular formula is C31H37ClN2O2. The minimum atomic E-state index is -0.621. The molecule has 1 aliphatic heterocycles. The maximum Gasteiger partial charge on any atom is 0.316 e. The van der Waals surface area contributed by atoms with Crippen molar-refractivity contribution in [2.24, 2.45) is 0 Å². The average molecular weight is 505 g/mol. The Balaban J connectivity index is 1.34. The molecule has 0 spiro atoms. The summed E-state index contributed by atoms with van der Waals surface area (Å²) in [5, 5.41) is 0.821. The summed E-state index contributed by atoms with van der Waals surface area (Å²) < 4.78 is 5.60. The average Bonchev–Trinajstić information content (AvgIpc) is 2.93. The number of nitrogens with zero attached hydrogens (tertiary/aromatic N) is 2. The number of ether oxygens (including phenoxy) is 1. The summed E-state index contributed by atoms with van der Waals surface area (Å²) in [6.45, 7) is 9.32. The van der Waals surface area contributed by atoms with Gasteiger partial charge in [-0.15, -0.1) is 0 Å². The number of hydrogen-bond acceptors (Lipinski definition) is 4. The molecule has 1 atom stereocenters. The maximum absolute atomic E-state index is 13.0. The van der Waals surface area contributed by atoms with Gasteiger partial charge in [-0.05, 0) is 49.9 Å². The van der Waals surface area contributed by atoms with Crippen molar-refractivity contribution < 1.29 is 9.53 Å². The molecule has 36 heavy (non-hydrogen) atoms. The summed E-state index contributed by atoms with van der Waals surface area (Å²) in [7, 11) is 0. The predicted octanol–water partition coefficient (Wildman–Crippen LogP) is 6.82. The predicted molar refractivity (Wildman–Crippen MR) is 150 cm³/mol. The van der Waals surface area contributed by atoms with Gasteiger partial charge < -0.3 is 9.64 Å². The lowest BCUT2D eigenvalue weighted by Crippen LogP contribution is -2.47.